The first-order valence-corrected chi connectivity index (χ1v) is 16.5. The minimum absolute atomic E-state index is 0.0148. The van der Waals surface area contributed by atoms with Crippen LogP contribution in [0.5, 0.6) is 0 Å². The number of hydrogen-bond acceptors (Lipinski definition) is 19. The minimum atomic E-state index is -1.93. The standard InChI is InChI=1S/C31H44O19/c1-29(41)4-3-10-11(9-44-25(14(10)29)48-26-19(38)17(36)15(34)12(7-32)45-26)24(40)47-23-22-30(2,50-22)21-28(43-6-5-31(21,23)42)49-27-20(39)18(37)16(35)13(8-33)46-27/h5-6,9-10,12-23,25-28,32-39,41-42H,3-4,7-8H2,1-2H3/t10-,12-,13-,14-,15-,16-,17+,18+,19-,20-,21-,22+,23-,25+,26+,27+,28+,29+,30-,31+/m1/s1. The van der Waals surface area contributed by atoms with Crippen LogP contribution >= 0.6 is 0 Å². The number of fused-ring (bicyclic) bond motifs is 4. The number of aliphatic hydroxyl groups excluding tert-OH is 8. The molecule has 19 nitrogen and oxygen atoms in total. The van der Waals surface area contributed by atoms with Gasteiger partial charge >= 0.3 is 5.97 Å². The summed E-state index contributed by atoms with van der Waals surface area (Å²) in [6.07, 6.45) is -16.7. The average molecular weight is 721 g/mol. The number of ether oxygens (including phenoxy) is 8. The molecule has 19 heteroatoms. The fourth-order valence-electron chi connectivity index (χ4n) is 8.48. The van der Waals surface area contributed by atoms with Gasteiger partial charge in [0.15, 0.2) is 18.7 Å². The zero-order valence-electron chi connectivity index (χ0n) is 27.0. The van der Waals surface area contributed by atoms with Gasteiger partial charge in [0.05, 0.1) is 48.7 Å². The summed E-state index contributed by atoms with van der Waals surface area (Å²) in [6.45, 7) is 1.79. The summed E-state index contributed by atoms with van der Waals surface area (Å²) in [4.78, 5) is 13.9. The van der Waals surface area contributed by atoms with E-state index in [0.717, 1.165) is 12.5 Å². The fraction of sp³-hybridized carbons (Fsp3) is 0.839. The van der Waals surface area contributed by atoms with Crippen molar-refractivity contribution in [2.45, 2.75) is 130 Å². The van der Waals surface area contributed by atoms with E-state index in [0.29, 0.717) is 0 Å². The number of carbonyl (C=O) groups is 1. The molecule has 0 radical (unpaired) electrons. The van der Waals surface area contributed by atoms with Crippen LogP contribution in [0.25, 0.3) is 0 Å². The van der Waals surface area contributed by atoms with Crippen molar-refractivity contribution in [3.63, 3.8) is 0 Å². The maximum absolute atomic E-state index is 13.9. The number of rotatable bonds is 8. The smallest absolute Gasteiger partial charge is 0.337 e. The third kappa shape index (κ3) is 5.58. The molecule has 0 aromatic heterocycles. The topological polar surface area (TPSA) is 297 Å². The molecule has 2 saturated carbocycles. The Balaban J connectivity index is 1.08. The highest BCUT2D eigenvalue weighted by atomic mass is 16.8. The predicted molar refractivity (Wildman–Crippen MR) is 155 cm³/mol. The lowest BCUT2D eigenvalue weighted by molar-refractivity contribution is -0.350. The molecule has 282 valence electrons. The largest absolute Gasteiger partial charge is 0.472 e. The van der Waals surface area contributed by atoms with Crippen molar-refractivity contribution in [2.75, 3.05) is 13.2 Å². The molecule has 5 fully saturated rings. The summed E-state index contributed by atoms with van der Waals surface area (Å²) in [7, 11) is 0. The van der Waals surface area contributed by atoms with Gasteiger partial charge in [-0.25, -0.2) is 4.79 Å². The number of aliphatic hydroxyl groups is 10. The Morgan fingerprint density at radius 3 is 1.98 bits per heavy atom. The first-order chi connectivity index (χ1) is 23.6. The van der Waals surface area contributed by atoms with Gasteiger partial charge < -0.3 is 89.0 Å². The van der Waals surface area contributed by atoms with Crippen molar-refractivity contribution in [3.05, 3.63) is 24.2 Å². The van der Waals surface area contributed by atoms with Crippen LogP contribution < -0.4 is 0 Å². The third-order valence-electron chi connectivity index (χ3n) is 11.4. The van der Waals surface area contributed by atoms with Gasteiger partial charge in [-0.2, -0.15) is 0 Å². The van der Waals surface area contributed by atoms with E-state index in [2.05, 4.69) is 0 Å². The zero-order valence-corrected chi connectivity index (χ0v) is 27.0. The Hall–Kier alpha value is -2.05. The van der Waals surface area contributed by atoms with Crippen molar-refractivity contribution < 1.29 is 93.8 Å². The van der Waals surface area contributed by atoms with Crippen LogP contribution in [0.2, 0.25) is 0 Å². The Bertz CT molecular complexity index is 1350. The second kappa shape index (κ2) is 12.8. The summed E-state index contributed by atoms with van der Waals surface area (Å²) in [6, 6.07) is 0. The van der Waals surface area contributed by atoms with Gasteiger partial charge in [-0.05, 0) is 32.8 Å². The van der Waals surface area contributed by atoms with Crippen LogP contribution in [0, 0.1) is 17.8 Å². The van der Waals surface area contributed by atoms with E-state index < -0.39 is 140 Å². The molecule has 0 amide bonds. The monoisotopic (exact) mass is 720 g/mol. The molecule has 7 aliphatic rings. The highest BCUT2D eigenvalue weighted by molar-refractivity contribution is 5.89. The fourth-order valence-corrected chi connectivity index (χ4v) is 8.48. The summed E-state index contributed by atoms with van der Waals surface area (Å²) < 4.78 is 45.8. The lowest BCUT2D eigenvalue weighted by Crippen LogP contribution is -2.62. The lowest BCUT2D eigenvalue weighted by atomic mass is 9.81. The van der Waals surface area contributed by atoms with Crippen LogP contribution in [-0.2, 0) is 42.7 Å². The maximum atomic E-state index is 13.9. The molecule has 0 spiro atoms. The Labute approximate surface area is 284 Å². The van der Waals surface area contributed by atoms with Crippen molar-refractivity contribution in [3.8, 4) is 0 Å². The third-order valence-corrected chi connectivity index (χ3v) is 11.4. The van der Waals surface area contributed by atoms with E-state index in [4.69, 9.17) is 37.9 Å². The van der Waals surface area contributed by atoms with Gasteiger partial charge in [0, 0.05) is 5.92 Å². The molecule has 0 aromatic rings. The molecule has 0 aromatic carbocycles. The molecule has 50 heavy (non-hydrogen) atoms. The molecule has 2 aliphatic carbocycles. The van der Waals surface area contributed by atoms with Crippen molar-refractivity contribution in [1.82, 2.24) is 0 Å². The van der Waals surface area contributed by atoms with Crippen LogP contribution in [0.15, 0.2) is 24.2 Å². The van der Waals surface area contributed by atoms with Gasteiger partial charge in [0.2, 0.25) is 12.6 Å². The Morgan fingerprint density at radius 2 is 1.40 bits per heavy atom. The lowest BCUT2D eigenvalue weighted by Gasteiger charge is -2.45. The second-order valence-electron chi connectivity index (χ2n) is 14.5. The van der Waals surface area contributed by atoms with E-state index >= 15 is 0 Å². The molecule has 3 saturated heterocycles. The summed E-state index contributed by atoms with van der Waals surface area (Å²) in [5.41, 5.74) is -4.53. The van der Waals surface area contributed by atoms with Crippen LogP contribution in [0.1, 0.15) is 26.7 Å². The van der Waals surface area contributed by atoms with Gasteiger partial charge in [0.25, 0.3) is 0 Å². The van der Waals surface area contributed by atoms with E-state index in [1.54, 1.807) is 6.92 Å². The SMILES string of the molecule is C[C@]12O[C@H]1[C@@H](OC(=O)C1=CO[C@@H](O[C@@H]3O[C@H](CO)[C@@H](O)[C@H](O)[C@H]3O)[C@H]3[C@@H]1CC[C@]3(C)O)[C@]1(O)C=CO[C@@H](O[C@@H]3O[C@H](CO)[C@@H](O)[C@H](O)[C@H]3O)[C@@H]12. The molecular formula is C31H44O19. The molecule has 0 bridgehead atoms. The minimum Gasteiger partial charge on any atom is -0.472 e. The zero-order chi connectivity index (χ0) is 36.1. The van der Waals surface area contributed by atoms with Gasteiger partial charge in [0.1, 0.15) is 66.1 Å². The second-order valence-corrected chi connectivity index (χ2v) is 14.5. The molecule has 20 atom stereocenters. The van der Waals surface area contributed by atoms with E-state index in [9.17, 15) is 55.9 Å². The molecule has 10 N–H and O–H groups in total. The Morgan fingerprint density at radius 1 is 0.820 bits per heavy atom. The first kappa shape index (κ1) is 36.3. The number of carbonyl (C=O) groups excluding carboxylic acids is 1. The summed E-state index contributed by atoms with van der Waals surface area (Å²) in [5.74, 6) is -3.58. The molecule has 5 heterocycles. The van der Waals surface area contributed by atoms with Crippen LogP contribution in [0.4, 0.5) is 0 Å². The van der Waals surface area contributed by atoms with Gasteiger partial charge in [-0.1, -0.05) is 0 Å². The average Bonchev–Trinajstić information content (AvgIpc) is 3.58. The van der Waals surface area contributed by atoms with Crippen molar-refractivity contribution in [1.29, 1.82) is 0 Å². The van der Waals surface area contributed by atoms with E-state index in [1.165, 1.54) is 13.0 Å². The predicted octanol–water partition coefficient (Wildman–Crippen LogP) is -5.06. The molecule has 7 rings (SSSR count). The van der Waals surface area contributed by atoms with Gasteiger partial charge in [-0.3, -0.25) is 0 Å². The molecule has 5 aliphatic heterocycles. The molecule has 0 unspecified atom stereocenters. The quantitative estimate of drug-likeness (QED) is 0.0829. The Kier molecular flexibility index (Phi) is 9.31. The summed E-state index contributed by atoms with van der Waals surface area (Å²) >= 11 is 0. The number of hydrogen-bond donors (Lipinski definition) is 10. The molecular weight excluding hydrogens is 676 g/mol. The highest BCUT2D eigenvalue weighted by Crippen LogP contribution is 2.62. The van der Waals surface area contributed by atoms with Crippen molar-refractivity contribution >= 4 is 5.97 Å². The van der Waals surface area contributed by atoms with Crippen LogP contribution in [-0.4, -0.2) is 173 Å². The van der Waals surface area contributed by atoms with E-state index in [-0.39, 0.29) is 18.4 Å². The van der Waals surface area contributed by atoms with E-state index in [1.807, 2.05) is 0 Å². The van der Waals surface area contributed by atoms with Crippen LogP contribution in [0.3, 0.4) is 0 Å². The maximum Gasteiger partial charge on any atom is 0.337 e. The number of epoxide rings is 1. The summed E-state index contributed by atoms with van der Waals surface area (Å²) in [5, 5.41) is 104. The van der Waals surface area contributed by atoms with Gasteiger partial charge in [-0.15, -0.1) is 0 Å². The normalized spacial score (nSPS) is 55.2. The highest BCUT2D eigenvalue weighted by Gasteiger charge is 2.81. The first-order valence-electron chi connectivity index (χ1n) is 16.5. The van der Waals surface area contributed by atoms with Crippen molar-refractivity contribution in [2.24, 2.45) is 17.8 Å². The number of esters is 1.